The van der Waals surface area contributed by atoms with E-state index < -0.39 is 40.0 Å². The Morgan fingerprint density at radius 1 is 0.950 bits per heavy atom. The fourth-order valence-corrected chi connectivity index (χ4v) is 1.91. The van der Waals surface area contributed by atoms with Crippen molar-refractivity contribution in [2.24, 2.45) is 0 Å². The molecule has 5 nitrogen and oxygen atoms in total. The highest BCUT2D eigenvalue weighted by atomic mass is 31.2. The second-order valence-corrected chi connectivity index (χ2v) is 5.24. The highest BCUT2D eigenvalue weighted by Gasteiger charge is 2.40. The van der Waals surface area contributed by atoms with Crippen molar-refractivity contribution in [2.75, 3.05) is 27.2 Å². The quantitative estimate of drug-likeness (QED) is 0.454. The molecule has 0 aromatic rings. The minimum absolute atomic E-state index is 0.0496. The number of phosphoric ester groups is 1. The zero-order chi connectivity index (χ0) is 15.9. The molecule has 0 aromatic heterocycles. The van der Waals surface area contributed by atoms with Crippen molar-refractivity contribution in [1.29, 1.82) is 0 Å². The molecule has 0 radical (unpaired) electrons. The van der Waals surface area contributed by atoms with Crippen molar-refractivity contribution in [3.63, 3.8) is 0 Å². The lowest BCUT2D eigenvalue weighted by atomic mass is 10.6. The normalized spacial score (nSPS) is 18.6. The minimum atomic E-state index is -5.23. The van der Waals surface area contributed by atoms with E-state index in [0.717, 1.165) is 0 Å². The van der Waals surface area contributed by atoms with Crippen LogP contribution in [0, 0.1) is 0 Å². The first kappa shape index (κ1) is 19.7. The lowest BCUT2D eigenvalue weighted by Crippen LogP contribution is -2.23. The van der Waals surface area contributed by atoms with Gasteiger partial charge in [-0.3, -0.25) is 4.52 Å². The van der Waals surface area contributed by atoms with Crippen LogP contribution in [0.3, 0.4) is 0 Å². The average Bonchev–Trinajstić information content (AvgIpc) is 2.27. The number of likely N-dealkylation sites (N-methyl/N-ethyl adjacent to an activating group) is 1. The van der Waals surface area contributed by atoms with Crippen molar-refractivity contribution < 1.29 is 44.5 Å². The van der Waals surface area contributed by atoms with E-state index in [1.54, 1.807) is 14.1 Å². The van der Waals surface area contributed by atoms with Crippen LogP contribution >= 0.6 is 7.82 Å². The molecule has 0 bridgehead atoms. The molecule has 0 spiro atoms. The fraction of sp³-hybridized carbons (Fsp3) is 1.00. The molecule has 122 valence electrons. The van der Waals surface area contributed by atoms with Gasteiger partial charge in [-0.1, -0.05) is 0 Å². The van der Waals surface area contributed by atoms with Crippen LogP contribution in [-0.2, 0) is 18.1 Å². The van der Waals surface area contributed by atoms with Crippen molar-refractivity contribution in [3.05, 3.63) is 0 Å². The van der Waals surface area contributed by atoms with Crippen LogP contribution in [0.4, 0.5) is 26.3 Å². The molecule has 0 aliphatic carbocycles. The predicted molar refractivity (Wildman–Crippen MR) is 56.1 cm³/mol. The maximum absolute atomic E-state index is 12.6. The van der Waals surface area contributed by atoms with Crippen LogP contribution in [0.5, 0.6) is 0 Å². The molecule has 0 fully saturated rings. The summed E-state index contributed by atoms with van der Waals surface area (Å²) in [7, 11) is -2.14. The Kier molecular flexibility index (Phi) is 8.68. The Labute approximate surface area is 111 Å². The first-order valence-electron chi connectivity index (χ1n) is 5.18. The van der Waals surface area contributed by atoms with E-state index in [1.807, 2.05) is 0 Å². The zero-order valence-corrected chi connectivity index (χ0v) is 11.4. The van der Waals surface area contributed by atoms with E-state index in [0.29, 0.717) is 0 Å². The monoisotopic (exact) mass is 333 g/mol. The maximum Gasteiger partial charge on any atom is 0.480 e. The first-order valence-corrected chi connectivity index (χ1v) is 6.64. The minimum Gasteiger partial charge on any atom is -0.307 e. The second-order valence-electron chi connectivity index (χ2n) is 3.67. The van der Waals surface area contributed by atoms with E-state index in [1.165, 1.54) is 4.90 Å². The number of hydrogen-bond donors (Lipinski definition) is 0. The Morgan fingerprint density at radius 3 is 1.65 bits per heavy atom. The first-order chi connectivity index (χ1) is 9.07. The summed E-state index contributed by atoms with van der Waals surface area (Å²) in [5.41, 5.74) is 0. The molecule has 0 aliphatic heterocycles. The summed E-state index contributed by atoms with van der Waals surface area (Å²) in [5, 5.41) is 0. The van der Waals surface area contributed by atoms with Crippen LogP contribution < -0.4 is 0 Å². The summed E-state index contributed by atoms with van der Waals surface area (Å²) in [6.45, 7) is -0.454. The fourth-order valence-electron chi connectivity index (χ4n) is 0.760. The number of nitrogens with zero attached hydrogens (tertiary/aromatic N) is 1. The highest BCUT2D eigenvalue weighted by Crippen LogP contribution is 2.53. The van der Waals surface area contributed by atoms with Gasteiger partial charge in [0.05, 0.1) is 6.61 Å². The summed E-state index contributed by atoms with van der Waals surface area (Å²) < 4.78 is 96.1. The number of rotatable bonds is 10. The molecule has 0 aromatic carbocycles. The SMILES string of the molecule is CN(C)CCOP(=O)(OC(F)C(F)F)OC(F)C(F)F. The summed E-state index contributed by atoms with van der Waals surface area (Å²) in [6, 6.07) is 0. The topological polar surface area (TPSA) is 48.0 Å². The van der Waals surface area contributed by atoms with E-state index in [-0.39, 0.29) is 6.54 Å². The van der Waals surface area contributed by atoms with Crippen molar-refractivity contribution in [1.82, 2.24) is 4.90 Å². The molecule has 12 heteroatoms. The molecule has 0 rings (SSSR count). The van der Waals surface area contributed by atoms with E-state index in [9.17, 15) is 30.9 Å². The molecule has 0 saturated heterocycles. The molecule has 2 atom stereocenters. The Hall–Kier alpha value is -0.350. The molecule has 0 heterocycles. The summed E-state index contributed by atoms with van der Waals surface area (Å²) in [5.74, 6) is 0. The standard InChI is InChI=1S/C8H14F6NO4P/c1-15(2)3-4-17-20(16,18-7(13)5(9)10)19-8(14)6(11)12/h5-8H,3-4H2,1-2H3. The van der Waals surface area contributed by atoms with Gasteiger partial charge in [0.2, 0.25) is 0 Å². The molecule has 0 aliphatic rings. The van der Waals surface area contributed by atoms with Gasteiger partial charge < -0.3 is 4.90 Å². The van der Waals surface area contributed by atoms with Gasteiger partial charge >= 0.3 is 7.82 Å². The predicted octanol–water partition coefficient (Wildman–Crippen LogP) is 2.83. The highest BCUT2D eigenvalue weighted by molar-refractivity contribution is 7.48. The summed E-state index contributed by atoms with van der Waals surface area (Å²) >= 11 is 0. The number of halogens is 6. The van der Waals surface area contributed by atoms with Crippen LogP contribution in [-0.4, -0.2) is 57.7 Å². The van der Waals surface area contributed by atoms with Crippen LogP contribution in [0.1, 0.15) is 0 Å². The van der Waals surface area contributed by atoms with Gasteiger partial charge in [0.15, 0.2) is 0 Å². The van der Waals surface area contributed by atoms with Gasteiger partial charge in [-0.2, -0.15) is 0 Å². The van der Waals surface area contributed by atoms with Crippen LogP contribution in [0.15, 0.2) is 0 Å². The largest absolute Gasteiger partial charge is 0.480 e. The van der Waals surface area contributed by atoms with Crippen molar-refractivity contribution in [3.8, 4) is 0 Å². The lowest BCUT2D eigenvalue weighted by Gasteiger charge is -2.21. The second kappa shape index (κ2) is 8.83. The third-order valence-corrected chi connectivity index (χ3v) is 3.06. The van der Waals surface area contributed by atoms with Crippen molar-refractivity contribution in [2.45, 2.75) is 25.6 Å². The Bertz CT molecular complexity index is 301. The number of phosphoric acid groups is 1. The third kappa shape index (κ3) is 8.05. The summed E-state index contributed by atoms with van der Waals surface area (Å²) in [6.07, 6.45) is -14.3. The third-order valence-electron chi connectivity index (χ3n) is 1.64. The molecular formula is C8H14F6NO4P. The van der Waals surface area contributed by atoms with Gasteiger partial charge in [-0.05, 0) is 14.1 Å². The van der Waals surface area contributed by atoms with Crippen molar-refractivity contribution >= 4 is 7.82 Å². The molecular weight excluding hydrogens is 319 g/mol. The van der Waals surface area contributed by atoms with Gasteiger partial charge in [-0.15, -0.1) is 0 Å². The van der Waals surface area contributed by atoms with E-state index >= 15 is 0 Å². The Morgan fingerprint density at radius 2 is 1.35 bits per heavy atom. The van der Waals surface area contributed by atoms with Crippen LogP contribution in [0.25, 0.3) is 0 Å². The number of alkyl halides is 6. The van der Waals surface area contributed by atoms with E-state index in [2.05, 4.69) is 13.6 Å². The lowest BCUT2D eigenvalue weighted by molar-refractivity contribution is -0.120. The molecule has 2 unspecified atom stereocenters. The number of hydrogen-bond acceptors (Lipinski definition) is 5. The molecule has 0 amide bonds. The van der Waals surface area contributed by atoms with Gasteiger partial charge in [0, 0.05) is 6.54 Å². The Balaban J connectivity index is 4.70. The van der Waals surface area contributed by atoms with Gasteiger partial charge in [0.25, 0.3) is 25.6 Å². The van der Waals surface area contributed by atoms with Gasteiger partial charge in [0.1, 0.15) is 0 Å². The zero-order valence-electron chi connectivity index (χ0n) is 10.5. The molecule has 20 heavy (non-hydrogen) atoms. The maximum atomic E-state index is 12.6. The van der Waals surface area contributed by atoms with E-state index in [4.69, 9.17) is 0 Å². The van der Waals surface area contributed by atoms with Crippen LogP contribution in [0.2, 0.25) is 0 Å². The average molecular weight is 333 g/mol. The molecule has 0 saturated carbocycles. The smallest absolute Gasteiger partial charge is 0.307 e. The summed E-state index contributed by atoms with van der Waals surface area (Å²) in [4.78, 5) is 1.48. The molecule has 0 N–H and O–H groups in total. The van der Waals surface area contributed by atoms with Gasteiger partial charge in [-0.25, -0.2) is 40.0 Å².